The third-order valence-electron chi connectivity index (χ3n) is 4.44. The molecule has 1 heterocycles. The Kier molecular flexibility index (Phi) is 23.0. The minimum Gasteiger partial charge on any atom is -0.381 e. The van der Waals surface area contributed by atoms with E-state index in [2.05, 4.69) is 10.6 Å². The molecule has 0 amide bonds. The predicted octanol–water partition coefficient (Wildman–Crippen LogP) is 1.62. The van der Waals surface area contributed by atoms with Gasteiger partial charge < -0.3 is 39.1 Å². The lowest BCUT2D eigenvalue weighted by molar-refractivity contribution is 0.0600. The van der Waals surface area contributed by atoms with Crippen LogP contribution in [-0.4, -0.2) is 105 Å². The molecule has 0 aromatic carbocycles. The van der Waals surface area contributed by atoms with Crippen LogP contribution in [0.3, 0.4) is 0 Å². The normalized spacial score (nSPS) is 24.0. The summed E-state index contributed by atoms with van der Waals surface area (Å²) in [6, 6.07) is 0. The van der Waals surface area contributed by atoms with Crippen molar-refractivity contribution in [2.45, 2.75) is 38.5 Å². The molecule has 1 rings (SSSR count). The molecule has 0 aromatic rings. The average molecular weight is 435 g/mol. The van der Waals surface area contributed by atoms with Gasteiger partial charge in [-0.25, -0.2) is 0 Å². The van der Waals surface area contributed by atoms with Gasteiger partial charge in [0.05, 0.1) is 13.2 Å². The van der Waals surface area contributed by atoms with E-state index in [1.807, 2.05) is 0 Å². The van der Waals surface area contributed by atoms with Crippen molar-refractivity contribution in [3.05, 3.63) is 0 Å². The molecule has 1 fully saturated rings. The van der Waals surface area contributed by atoms with Crippen LogP contribution in [0.1, 0.15) is 38.5 Å². The largest absolute Gasteiger partial charge is 0.381 e. The summed E-state index contributed by atoms with van der Waals surface area (Å²) in [7, 11) is 0. The zero-order chi connectivity index (χ0) is 21.2. The highest BCUT2D eigenvalue weighted by atomic mass is 16.5. The van der Waals surface area contributed by atoms with Gasteiger partial charge in [-0.3, -0.25) is 0 Å². The van der Waals surface area contributed by atoms with Crippen LogP contribution in [0.5, 0.6) is 0 Å². The summed E-state index contributed by atoms with van der Waals surface area (Å²) < 4.78 is 33.7. The summed E-state index contributed by atoms with van der Waals surface area (Å²) in [5.41, 5.74) is 0. The lowest BCUT2D eigenvalue weighted by Gasteiger charge is -2.09. The molecule has 0 unspecified atom stereocenters. The summed E-state index contributed by atoms with van der Waals surface area (Å²) in [6.07, 6.45) is 5.80. The van der Waals surface area contributed by atoms with Crippen LogP contribution in [0.15, 0.2) is 0 Å². The second-order valence-electron chi connectivity index (χ2n) is 7.30. The lowest BCUT2D eigenvalue weighted by atomic mass is 10.4. The molecule has 180 valence electrons. The lowest BCUT2D eigenvalue weighted by Crippen LogP contribution is -2.22. The van der Waals surface area contributed by atoms with E-state index >= 15 is 0 Å². The minimum absolute atomic E-state index is 0.742. The first kappa shape index (κ1) is 27.7. The molecule has 8 heteroatoms. The van der Waals surface area contributed by atoms with Crippen LogP contribution in [0.25, 0.3) is 0 Å². The number of ether oxygens (including phenoxy) is 6. The molecule has 0 aliphatic carbocycles. The third kappa shape index (κ3) is 22.4. The minimum atomic E-state index is 0.742. The van der Waals surface area contributed by atoms with Crippen molar-refractivity contribution in [2.24, 2.45) is 0 Å². The SMILES string of the molecule is C1CNCCOCCCOCCCOCCCNCCOCCCOCCCOC1. The molecule has 1 aliphatic heterocycles. The van der Waals surface area contributed by atoms with E-state index in [4.69, 9.17) is 28.4 Å². The Morgan fingerprint density at radius 3 is 0.867 bits per heavy atom. The van der Waals surface area contributed by atoms with Crippen molar-refractivity contribution in [1.29, 1.82) is 0 Å². The summed E-state index contributed by atoms with van der Waals surface area (Å²) >= 11 is 0. The average Bonchev–Trinajstić information content (AvgIpc) is 2.76. The number of hydrogen-bond donors (Lipinski definition) is 2. The maximum absolute atomic E-state index is 5.62. The van der Waals surface area contributed by atoms with Crippen LogP contribution in [0.2, 0.25) is 0 Å². The van der Waals surface area contributed by atoms with Gasteiger partial charge in [-0.1, -0.05) is 0 Å². The number of hydrogen-bond acceptors (Lipinski definition) is 8. The molecule has 8 nitrogen and oxygen atoms in total. The number of nitrogens with one attached hydrogen (secondary N) is 2. The summed E-state index contributed by atoms with van der Waals surface area (Å²) in [5, 5.41) is 6.75. The fourth-order valence-electron chi connectivity index (χ4n) is 2.80. The van der Waals surface area contributed by atoms with Crippen LogP contribution < -0.4 is 10.6 Å². The van der Waals surface area contributed by atoms with Crippen molar-refractivity contribution in [3.63, 3.8) is 0 Å². The van der Waals surface area contributed by atoms with Crippen LogP contribution in [-0.2, 0) is 28.4 Å². The Labute approximate surface area is 183 Å². The van der Waals surface area contributed by atoms with Gasteiger partial charge in [0, 0.05) is 79.2 Å². The van der Waals surface area contributed by atoms with Crippen LogP contribution >= 0.6 is 0 Å². The van der Waals surface area contributed by atoms with Gasteiger partial charge in [0.25, 0.3) is 0 Å². The highest BCUT2D eigenvalue weighted by molar-refractivity contribution is 4.49. The zero-order valence-electron chi connectivity index (χ0n) is 19.0. The topological polar surface area (TPSA) is 79.4 Å². The first-order chi connectivity index (χ1) is 15.0. The summed E-state index contributed by atoms with van der Waals surface area (Å²) in [6.45, 7) is 12.8. The quantitative estimate of drug-likeness (QED) is 0.596. The molecule has 1 saturated heterocycles. The van der Waals surface area contributed by atoms with Crippen LogP contribution in [0.4, 0.5) is 0 Å². The van der Waals surface area contributed by atoms with Crippen molar-refractivity contribution < 1.29 is 28.4 Å². The molecule has 0 atom stereocenters. The highest BCUT2D eigenvalue weighted by Crippen LogP contribution is 1.92. The predicted molar refractivity (Wildman–Crippen MR) is 118 cm³/mol. The smallest absolute Gasteiger partial charge is 0.0590 e. The van der Waals surface area contributed by atoms with E-state index in [-0.39, 0.29) is 0 Å². The fraction of sp³-hybridized carbons (Fsp3) is 1.00. The van der Waals surface area contributed by atoms with Gasteiger partial charge in [-0.15, -0.1) is 0 Å². The molecule has 30 heavy (non-hydrogen) atoms. The Bertz CT molecular complexity index is 179. The van der Waals surface area contributed by atoms with E-state index in [0.29, 0.717) is 0 Å². The molecular formula is C22H46N2O6. The van der Waals surface area contributed by atoms with Crippen molar-refractivity contribution in [2.75, 3.05) is 105 Å². The fourth-order valence-corrected chi connectivity index (χ4v) is 2.80. The van der Waals surface area contributed by atoms with E-state index in [0.717, 1.165) is 144 Å². The van der Waals surface area contributed by atoms with Gasteiger partial charge in [-0.2, -0.15) is 0 Å². The first-order valence-corrected chi connectivity index (χ1v) is 11.9. The van der Waals surface area contributed by atoms with Crippen molar-refractivity contribution in [1.82, 2.24) is 10.6 Å². The maximum Gasteiger partial charge on any atom is 0.0590 e. The Morgan fingerprint density at radius 1 is 0.267 bits per heavy atom. The second kappa shape index (κ2) is 24.9. The van der Waals surface area contributed by atoms with Gasteiger partial charge in [0.2, 0.25) is 0 Å². The maximum atomic E-state index is 5.62. The Balaban J connectivity index is 2.00. The Morgan fingerprint density at radius 2 is 0.533 bits per heavy atom. The zero-order valence-corrected chi connectivity index (χ0v) is 19.0. The number of rotatable bonds is 0. The van der Waals surface area contributed by atoms with E-state index in [1.165, 1.54) is 0 Å². The Hall–Kier alpha value is -0.320. The molecule has 0 radical (unpaired) electrons. The van der Waals surface area contributed by atoms with Crippen LogP contribution in [0, 0.1) is 0 Å². The van der Waals surface area contributed by atoms with Gasteiger partial charge in [0.1, 0.15) is 0 Å². The molecular weight excluding hydrogens is 388 g/mol. The van der Waals surface area contributed by atoms with Gasteiger partial charge >= 0.3 is 0 Å². The molecule has 2 N–H and O–H groups in total. The second-order valence-corrected chi connectivity index (χ2v) is 7.30. The van der Waals surface area contributed by atoms with E-state index in [1.54, 1.807) is 0 Å². The van der Waals surface area contributed by atoms with Gasteiger partial charge in [0.15, 0.2) is 0 Å². The molecule has 1 aliphatic rings. The molecule has 0 saturated carbocycles. The molecule has 0 spiro atoms. The van der Waals surface area contributed by atoms with Crippen molar-refractivity contribution in [3.8, 4) is 0 Å². The van der Waals surface area contributed by atoms with E-state index in [9.17, 15) is 0 Å². The standard InChI is InChI=1S/C22H46N2O6/c1-7-23-9-21-29-19-5-18-28-16-4-14-26-12-2-8-24-10-22-30-20-6-17-27-15-3-13-25-11-1/h23-24H,1-22H2. The van der Waals surface area contributed by atoms with E-state index < -0.39 is 0 Å². The first-order valence-electron chi connectivity index (χ1n) is 11.9. The molecule has 0 aromatic heterocycles. The summed E-state index contributed by atoms with van der Waals surface area (Å²) in [4.78, 5) is 0. The van der Waals surface area contributed by atoms with Crippen molar-refractivity contribution >= 4 is 0 Å². The monoisotopic (exact) mass is 434 g/mol. The molecule has 0 bridgehead atoms. The highest BCUT2D eigenvalue weighted by Gasteiger charge is 1.96. The van der Waals surface area contributed by atoms with Gasteiger partial charge in [-0.05, 0) is 51.6 Å². The third-order valence-corrected chi connectivity index (χ3v) is 4.44. The summed E-state index contributed by atoms with van der Waals surface area (Å²) in [5.74, 6) is 0.